The topological polar surface area (TPSA) is 127 Å². The molecule has 4 rings (SSSR count). The number of nitrogens with zero attached hydrogens (tertiary/aromatic N) is 4. The van der Waals surface area contributed by atoms with Gasteiger partial charge in [0, 0.05) is 25.2 Å². The molecule has 0 bridgehead atoms. The van der Waals surface area contributed by atoms with Gasteiger partial charge in [-0.15, -0.1) is 0 Å². The third kappa shape index (κ3) is 5.49. The van der Waals surface area contributed by atoms with Crippen LogP contribution in [0.1, 0.15) is 35.4 Å². The Balaban J connectivity index is 1.27. The van der Waals surface area contributed by atoms with Crippen LogP contribution >= 0.6 is 11.8 Å². The van der Waals surface area contributed by atoms with E-state index < -0.39 is 0 Å². The minimum atomic E-state index is -0.386. The molecule has 0 unspecified atom stereocenters. The van der Waals surface area contributed by atoms with Crippen LogP contribution in [0.2, 0.25) is 0 Å². The number of benzene rings is 1. The van der Waals surface area contributed by atoms with E-state index in [2.05, 4.69) is 16.5 Å². The van der Waals surface area contributed by atoms with Crippen molar-refractivity contribution in [1.29, 1.82) is 5.26 Å². The molecule has 1 aromatic heterocycles. The molecular weight excluding hydrogens is 470 g/mol. The first-order valence-electron chi connectivity index (χ1n) is 11.2. The van der Waals surface area contributed by atoms with Crippen molar-refractivity contribution in [2.45, 2.75) is 39.7 Å². The fourth-order valence-corrected chi connectivity index (χ4v) is 4.82. The van der Waals surface area contributed by atoms with Crippen molar-refractivity contribution in [1.82, 2.24) is 20.0 Å². The number of carbonyl (C=O) groups is 3. The highest BCUT2D eigenvalue weighted by atomic mass is 32.2. The molecule has 1 N–H and O–H groups in total. The van der Waals surface area contributed by atoms with Gasteiger partial charge in [-0.25, -0.2) is 0 Å². The van der Waals surface area contributed by atoms with Gasteiger partial charge in [0.1, 0.15) is 0 Å². The number of thioether (sulfide) groups is 1. The van der Waals surface area contributed by atoms with Crippen molar-refractivity contribution in [3.63, 3.8) is 0 Å². The van der Waals surface area contributed by atoms with Gasteiger partial charge >= 0.3 is 0 Å². The molecule has 11 heteroatoms. The van der Waals surface area contributed by atoms with Crippen LogP contribution in [-0.2, 0) is 22.6 Å². The maximum absolute atomic E-state index is 12.7. The van der Waals surface area contributed by atoms with Gasteiger partial charge in [-0.05, 0) is 61.4 Å². The fourth-order valence-electron chi connectivity index (χ4n) is 3.95. The minimum absolute atomic E-state index is 0.0963. The van der Waals surface area contributed by atoms with Gasteiger partial charge in [0.25, 0.3) is 11.1 Å². The number of carbonyl (C=O) groups excluding carboxylic acids is 3. The number of aromatic nitrogens is 2. The quantitative estimate of drug-likeness (QED) is 0.526. The van der Waals surface area contributed by atoms with Crippen LogP contribution in [0.4, 0.5) is 4.79 Å². The summed E-state index contributed by atoms with van der Waals surface area (Å²) in [5.41, 5.74) is 3.53. The average molecular weight is 496 g/mol. The predicted molar refractivity (Wildman–Crippen MR) is 129 cm³/mol. The molecule has 2 aromatic rings. The number of rotatable bonds is 9. The number of nitriles is 1. The summed E-state index contributed by atoms with van der Waals surface area (Å²) >= 11 is 0.872. The molecule has 0 spiro atoms. The summed E-state index contributed by atoms with van der Waals surface area (Å²) in [7, 11) is 0. The van der Waals surface area contributed by atoms with Crippen LogP contribution in [0.5, 0.6) is 11.5 Å². The van der Waals surface area contributed by atoms with Gasteiger partial charge in [0.15, 0.2) is 11.5 Å². The molecule has 1 fully saturated rings. The standard InChI is InChI=1S/C24H25N5O5S/c1-15-18(16(2)29(27-15)10-3-8-25)5-7-22(30)26-9-11-28-23(31)21(35-24(28)32)13-17-4-6-19-20(12-17)34-14-33-19/h4,6,12-13H,3,5,7,9-11,14H2,1-2H3,(H,26,30). The fraction of sp³-hybridized carbons (Fsp3) is 0.375. The lowest BCUT2D eigenvalue weighted by molar-refractivity contribution is -0.124. The van der Waals surface area contributed by atoms with E-state index in [4.69, 9.17) is 14.7 Å². The Morgan fingerprint density at radius 2 is 2.06 bits per heavy atom. The number of hydrogen-bond acceptors (Lipinski definition) is 8. The summed E-state index contributed by atoms with van der Waals surface area (Å²) < 4.78 is 12.4. The zero-order chi connectivity index (χ0) is 24.9. The second kappa shape index (κ2) is 10.7. The van der Waals surface area contributed by atoms with E-state index in [-0.39, 0.29) is 43.4 Å². The van der Waals surface area contributed by atoms with Gasteiger partial charge in [-0.1, -0.05) is 6.07 Å². The monoisotopic (exact) mass is 495 g/mol. The highest BCUT2D eigenvalue weighted by Gasteiger charge is 2.34. The largest absolute Gasteiger partial charge is 0.454 e. The molecule has 0 atom stereocenters. The lowest BCUT2D eigenvalue weighted by atomic mass is 10.1. The maximum atomic E-state index is 12.7. The number of amides is 3. The molecule has 3 heterocycles. The van der Waals surface area contributed by atoms with Crippen molar-refractivity contribution in [2.24, 2.45) is 0 Å². The average Bonchev–Trinajstić information content (AvgIpc) is 3.48. The van der Waals surface area contributed by atoms with Crippen LogP contribution in [0.15, 0.2) is 23.1 Å². The summed E-state index contributed by atoms with van der Waals surface area (Å²) in [6, 6.07) is 7.41. The molecular formula is C24H25N5O5S. The number of aryl methyl sites for hydroxylation is 2. The molecule has 0 saturated carbocycles. The highest BCUT2D eigenvalue weighted by molar-refractivity contribution is 8.18. The van der Waals surface area contributed by atoms with Crippen molar-refractivity contribution in [3.05, 3.63) is 45.6 Å². The second-order valence-corrected chi connectivity index (χ2v) is 9.07. The van der Waals surface area contributed by atoms with Gasteiger partial charge in [0.05, 0.1) is 29.6 Å². The Bertz CT molecular complexity index is 1250. The van der Waals surface area contributed by atoms with Crippen molar-refractivity contribution < 1.29 is 23.9 Å². The van der Waals surface area contributed by atoms with Crippen LogP contribution in [-0.4, -0.2) is 51.6 Å². The van der Waals surface area contributed by atoms with Crippen LogP contribution < -0.4 is 14.8 Å². The molecule has 2 aliphatic heterocycles. The van der Waals surface area contributed by atoms with E-state index in [1.807, 2.05) is 13.8 Å². The molecule has 0 radical (unpaired) electrons. The zero-order valence-electron chi connectivity index (χ0n) is 19.5. The van der Waals surface area contributed by atoms with E-state index in [0.29, 0.717) is 35.8 Å². The highest BCUT2D eigenvalue weighted by Crippen LogP contribution is 2.36. The van der Waals surface area contributed by atoms with E-state index >= 15 is 0 Å². The molecule has 2 aliphatic rings. The first kappa shape index (κ1) is 24.3. The number of hydrogen-bond donors (Lipinski definition) is 1. The molecule has 3 amide bonds. The first-order chi connectivity index (χ1) is 16.9. The molecule has 182 valence electrons. The summed E-state index contributed by atoms with van der Waals surface area (Å²) in [6.07, 6.45) is 2.81. The Morgan fingerprint density at radius 3 is 2.86 bits per heavy atom. The number of ether oxygens (including phenoxy) is 2. The Labute approximate surface area is 206 Å². The van der Waals surface area contributed by atoms with E-state index in [0.717, 1.165) is 39.2 Å². The molecule has 1 aromatic carbocycles. The lowest BCUT2D eigenvalue weighted by Crippen LogP contribution is -2.37. The normalized spacial score (nSPS) is 15.7. The SMILES string of the molecule is Cc1nn(CCC#N)c(C)c1CCC(=O)NCCN1C(=O)SC(=Cc2ccc3c(c2)OCO3)C1=O. The van der Waals surface area contributed by atoms with Crippen molar-refractivity contribution >= 4 is 34.9 Å². The Kier molecular flexibility index (Phi) is 7.41. The third-order valence-electron chi connectivity index (χ3n) is 5.79. The Hall–Kier alpha value is -3.78. The smallest absolute Gasteiger partial charge is 0.293 e. The zero-order valence-corrected chi connectivity index (χ0v) is 20.3. The minimum Gasteiger partial charge on any atom is -0.454 e. The number of nitrogens with one attached hydrogen (secondary N) is 1. The van der Waals surface area contributed by atoms with Gasteiger partial charge in [-0.2, -0.15) is 10.4 Å². The predicted octanol–water partition coefficient (Wildman–Crippen LogP) is 2.93. The first-order valence-corrected chi connectivity index (χ1v) is 12.0. The molecule has 1 saturated heterocycles. The van der Waals surface area contributed by atoms with E-state index in [9.17, 15) is 14.4 Å². The molecule has 0 aliphatic carbocycles. The summed E-state index contributed by atoms with van der Waals surface area (Å²) in [6.45, 7) is 4.77. The van der Waals surface area contributed by atoms with Crippen LogP contribution in [0, 0.1) is 25.2 Å². The lowest BCUT2D eigenvalue weighted by Gasteiger charge is -2.13. The Morgan fingerprint density at radius 1 is 1.26 bits per heavy atom. The third-order valence-corrected chi connectivity index (χ3v) is 6.70. The second-order valence-electron chi connectivity index (χ2n) is 8.08. The van der Waals surface area contributed by atoms with E-state index in [1.165, 1.54) is 0 Å². The van der Waals surface area contributed by atoms with Crippen LogP contribution in [0.25, 0.3) is 6.08 Å². The van der Waals surface area contributed by atoms with Gasteiger partial charge in [0.2, 0.25) is 12.7 Å². The van der Waals surface area contributed by atoms with Crippen LogP contribution in [0.3, 0.4) is 0 Å². The van der Waals surface area contributed by atoms with Gasteiger partial charge in [-0.3, -0.25) is 24.0 Å². The summed E-state index contributed by atoms with van der Waals surface area (Å²) in [5.74, 6) is 0.684. The van der Waals surface area contributed by atoms with Crippen molar-refractivity contribution in [2.75, 3.05) is 19.9 Å². The van der Waals surface area contributed by atoms with E-state index in [1.54, 1.807) is 29.0 Å². The molecule has 10 nitrogen and oxygen atoms in total. The van der Waals surface area contributed by atoms with Crippen molar-refractivity contribution in [3.8, 4) is 17.6 Å². The summed E-state index contributed by atoms with van der Waals surface area (Å²) in [4.78, 5) is 38.9. The summed E-state index contributed by atoms with van der Waals surface area (Å²) in [5, 5.41) is 15.6. The molecule has 35 heavy (non-hydrogen) atoms. The number of fused-ring (bicyclic) bond motifs is 1. The number of imide groups is 1. The maximum Gasteiger partial charge on any atom is 0.293 e. The van der Waals surface area contributed by atoms with Gasteiger partial charge < -0.3 is 14.8 Å².